The third-order valence-corrected chi connectivity index (χ3v) is 6.79. The Labute approximate surface area is 198 Å². The summed E-state index contributed by atoms with van der Waals surface area (Å²) in [5, 5.41) is 5.68. The Kier molecular flexibility index (Phi) is 6.83. The molecule has 8 nitrogen and oxygen atoms in total. The Balaban J connectivity index is 1.31. The molecule has 0 aliphatic heterocycles. The number of benzene rings is 3. The molecular formula is C25H25N3O5S. The van der Waals surface area contributed by atoms with Gasteiger partial charge in [-0.05, 0) is 79.1 Å². The van der Waals surface area contributed by atoms with E-state index in [0.29, 0.717) is 23.5 Å². The molecule has 0 radical (unpaired) electrons. The van der Waals surface area contributed by atoms with Crippen molar-refractivity contribution in [1.29, 1.82) is 0 Å². The quantitative estimate of drug-likeness (QED) is 0.432. The largest absolute Gasteiger partial charge is 0.497 e. The topological polar surface area (TPSA) is 114 Å². The highest BCUT2D eigenvalue weighted by molar-refractivity contribution is 7.92. The molecule has 3 N–H and O–H groups in total. The number of hydrogen-bond acceptors (Lipinski definition) is 5. The maximum atomic E-state index is 12.6. The molecule has 1 fully saturated rings. The van der Waals surface area contributed by atoms with Crippen LogP contribution < -0.4 is 20.1 Å². The predicted molar refractivity (Wildman–Crippen MR) is 129 cm³/mol. The average molecular weight is 480 g/mol. The first kappa shape index (κ1) is 23.3. The van der Waals surface area contributed by atoms with Gasteiger partial charge >= 0.3 is 0 Å². The molecule has 1 aliphatic carbocycles. The van der Waals surface area contributed by atoms with E-state index in [1.807, 2.05) is 12.1 Å². The molecule has 0 unspecified atom stereocenters. The summed E-state index contributed by atoms with van der Waals surface area (Å²) in [5.41, 5.74) is 2.35. The zero-order valence-electron chi connectivity index (χ0n) is 18.6. The van der Waals surface area contributed by atoms with Crippen LogP contribution in [-0.4, -0.2) is 27.3 Å². The van der Waals surface area contributed by atoms with Crippen LogP contribution in [-0.2, 0) is 21.4 Å². The van der Waals surface area contributed by atoms with E-state index >= 15 is 0 Å². The van der Waals surface area contributed by atoms with Crippen molar-refractivity contribution in [2.24, 2.45) is 5.92 Å². The Hall–Kier alpha value is -3.85. The van der Waals surface area contributed by atoms with Gasteiger partial charge in [0.15, 0.2) is 0 Å². The summed E-state index contributed by atoms with van der Waals surface area (Å²) in [6, 6.07) is 19.5. The lowest BCUT2D eigenvalue weighted by Crippen LogP contribution is -2.23. The Morgan fingerprint density at radius 1 is 0.882 bits per heavy atom. The van der Waals surface area contributed by atoms with Gasteiger partial charge in [-0.1, -0.05) is 12.1 Å². The normalized spacial score (nSPS) is 13.1. The molecule has 4 rings (SSSR count). The Bertz CT molecular complexity index is 1270. The van der Waals surface area contributed by atoms with E-state index in [2.05, 4.69) is 15.4 Å². The van der Waals surface area contributed by atoms with Crippen molar-refractivity contribution in [2.45, 2.75) is 24.3 Å². The maximum absolute atomic E-state index is 12.6. The maximum Gasteiger partial charge on any atom is 0.261 e. The van der Waals surface area contributed by atoms with Gasteiger partial charge < -0.3 is 15.4 Å². The minimum atomic E-state index is -3.80. The van der Waals surface area contributed by atoms with Crippen molar-refractivity contribution in [3.8, 4) is 5.75 Å². The van der Waals surface area contributed by atoms with Gasteiger partial charge in [-0.25, -0.2) is 8.42 Å². The average Bonchev–Trinajstić information content (AvgIpc) is 3.69. The van der Waals surface area contributed by atoms with Gasteiger partial charge in [-0.3, -0.25) is 14.3 Å². The van der Waals surface area contributed by atoms with Crippen LogP contribution in [0.25, 0.3) is 0 Å². The summed E-state index contributed by atoms with van der Waals surface area (Å²) in [7, 11) is -2.27. The number of methoxy groups -OCH3 is 1. The molecule has 0 heterocycles. The van der Waals surface area contributed by atoms with E-state index in [1.54, 1.807) is 36.4 Å². The highest BCUT2D eigenvalue weighted by Crippen LogP contribution is 2.30. The number of ether oxygens (including phenoxy) is 1. The van der Waals surface area contributed by atoms with Gasteiger partial charge in [-0.2, -0.15) is 0 Å². The monoisotopic (exact) mass is 479 g/mol. The van der Waals surface area contributed by atoms with Crippen molar-refractivity contribution in [3.05, 3.63) is 83.9 Å². The number of rotatable bonds is 9. The van der Waals surface area contributed by atoms with E-state index in [0.717, 1.165) is 24.1 Å². The van der Waals surface area contributed by atoms with Crippen LogP contribution >= 0.6 is 0 Å². The van der Waals surface area contributed by atoms with E-state index in [-0.39, 0.29) is 22.6 Å². The van der Waals surface area contributed by atoms with Crippen LogP contribution in [0.4, 0.5) is 11.4 Å². The number of nitrogens with one attached hydrogen (secondary N) is 3. The number of anilines is 2. The van der Waals surface area contributed by atoms with Crippen molar-refractivity contribution >= 4 is 33.2 Å². The van der Waals surface area contributed by atoms with E-state index < -0.39 is 10.0 Å². The van der Waals surface area contributed by atoms with Crippen LogP contribution in [0.2, 0.25) is 0 Å². The van der Waals surface area contributed by atoms with Crippen molar-refractivity contribution in [3.63, 3.8) is 0 Å². The molecule has 0 bridgehead atoms. The van der Waals surface area contributed by atoms with Gasteiger partial charge in [0.1, 0.15) is 5.75 Å². The standard InChI is InChI=1S/C25H25N3O5S/c1-33-22-12-10-21(11-13-22)28-34(31,32)23-14-6-18(7-15-23)24(29)26-16-17-2-8-20(9-3-17)27-25(30)19-4-5-19/h2-3,6-15,19,28H,4-5,16H2,1H3,(H,26,29)(H,27,30). The van der Waals surface area contributed by atoms with Gasteiger partial charge in [0.25, 0.3) is 15.9 Å². The van der Waals surface area contributed by atoms with Crippen LogP contribution in [0.15, 0.2) is 77.7 Å². The third-order valence-electron chi connectivity index (χ3n) is 5.39. The van der Waals surface area contributed by atoms with Crippen molar-refractivity contribution in [2.75, 3.05) is 17.1 Å². The molecule has 0 aromatic heterocycles. The summed E-state index contributed by atoms with van der Waals surface area (Å²) in [6.07, 6.45) is 1.89. The minimum absolute atomic E-state index is 0.0451. The first-order valence-electron chi connectivity index (χ1n) is 10.8. The molecule has 1 saturated carbocycles. The number of carbonyl (C=O) groups is 2. The van der Waals surface area contributed by atoms with Crippen LogP contribution in [0, 0.1) is 5.92 Å². The summed E-state index contributed by atoms with van der Waals surface area (Å²) >= 11 is 0. The van der Waals surface area contributed by atoms with E-state index in [4.69, 9.17) is 4.74 Å². The van der Waals surface area contributed by atoms with Crippen LogP contribution in [0.1, 0.15) is 28.8 Å². The lowest BCUT2D eigenvalue weighted by Gasteiger charge is -2.10. The molecule has 34 heavy (non-hydrogen) atoms. The zero-order chi connectivity index (χ0) is 24.1. The smallest absolute Gasteiger partial charge is 0.261 e. The minimum Gasteiger partial charge on any atom is -0.497 e. The summed E-state index contributed by atoms with van der Waals surface area (Å²) in [6.45, 7) is 0.300. The molecular weight excluding hydrogens is 454 g/mol. The fourth-order valence-corrected chi connectivity index (χ4v) is 4.30. The van der Waals surface area contributed by atoms with Gasteiger partial charge in [0, 0.05) is 29.4 Å². The first-order chi connectivity index (χ1) is 16.3. The number of hydrogen-bond donors (Lipinski definition) is 3. The molecule has 0 saturated heterocycles. The summed E-state index contributed by atoms with van der Waals surface area (Å²) in [4.78, 5) is 24.3. The molecule has 0 atom stereocenters. The zero-order valence-corrected chi connectivity index (χ0v) is 19.4. The number of sulfonamides is 1. The second-order valence-corrected chi connectivity index (χ2v) is 9.68. The van der Waals surface area contributed by atoms with Gasteiger partial charge in [0.05, 0.1) is 12.0 Å². The van der Waals surface area contributed by atoms with E-state index in [9.17, 15) is 18.0 Å². The van der Waals surface area contributed by atoms with Crippen molar-refractivity contribution in [1.82, 2.24) is 5.32 Å². The highest BCUT2D eigenvalue weighted by atomic mass is 32.2. The third kappa shape index (κ3) is 5.93. The van der Waals surface area contributed by atoms with Crippen LogP contribution in [0.5, 0.6) is 5.75 Å². The first-order valence-corrected chi connectivity index (χ1v) is 12.3. The SMILES string of the molecule is COc1ccc(NS(=O)(=O)c2ccc(C(=O)NCc3ccc(NC(=O)C4CC4)cc3)cc2)cc1. The molecule has 3 aromatic rings. The number of carbonyl (C=O) groups excluding carboxylic acids is 2. The Morgan fingerprint density at radius 3 is 2.09 bits per heavy atom. The molecule has 1 aliphatic rings. The van der Waals surface area contributed by atoms with E-state index in [1.165, 1.54) is 31.4 Å². The fraction of sp³-hybridized carbons (Fsp3) is 0.200. The number of amides is 2. The van der Waals surface area contributed by atoms with Gasteiger partial charge in [-0.15, -0.1) is 0 Å². The lowest BCUT2D eigenvalue weighted by atomic mass is 10.2. The summed E-state index contributed by atoms with van der Waals surface area (Å²) < 4.78 is 32.8. The molecule has 2 amide bonds. The molecule has 3 aromatic carbocycles. The lowest BCUT2D eigenvalue weighted by molar-refractivity contribution is -0.117. The van der Waals surface area contributed by atoms with Crippen LogP contribution in [0.3, 0.4) is 0 Å². The van der Waals surface area contributed by atoms with Crippen molar-refractivity contribution < 1.29 is 22.7 Å². The summed E-state index contributed by atoms with van der Waals surface area (Å²) in [5.74, 6) is 0.483. The highest BCUT2D eigenvalue weighted by Gasteiger charge is 2.29. The fourth-order valence-electron chi connectivity index (χ4n) is 3.24. The molecule has 9 heteroatoms. The second-order valence-electron chi connectivity index (χ2n) is 8.00. The van der Waals surface area contributed by atoms with Gasteiger partial charge in [0.2, 0.25) is 5.91 Å². The second kappa shape index (κ2) is 9.96. The molecule has 0 spiro atoms. The Morgan fingerprint density at radius 2 is 1.50 bits per heavy atom. The molecule has 176 valence electrons. The predicted octanol–water partition coefficient (Wildman–Crippen LogP) is 3.77.